The second-order valence-electron chi connectivity index (χ2n) is 5.49. The molecule has 132 valence electrons. The number of thiophene rings is 1. The lowest BCUT2D eigenvalue weighted by molar-refractivity contribution is -0.113. The van der Waals surface area contributed by atoms with E-state index in [4.69, 9.17) is 4.99 Å². The fraction of sp³-hybridized carbons (Fsp3) is 0.222. The number of thioether (sulfide) groups is 1. The molecule has 0 radical (unpaired) electrons. The van der Waals surface area contributed by atoms with Crippen molar-refractivity contribution in [2.24, 2.45) is 4.99 Å². The van der Waals surface area contributed by atoms with Crippen molar-refractivity contribution < 1.29 is 28.8 Å². The Balaban J connectivity index is 0.00000225. The van der Waals surface area contributed by atoms with E-state index in [1.807, 2.05) is 61.9 Å². The minimum atomic E-state index is -0.266. The predicted octanol–water partition coefficient (Wildman–Crippen LogP) is 1.34. The van der Waals surface area contributed by atoms with Crippen LogP contribution in [0.25, 0.3) is 0 Å². The summed E-state index contributed by atoms with van der Waals surface area (Å²) in [6.07, 6.45) is 1.98. The first-order chi connectivity index (χ1) is 11.6. The van der Waals surface area contributed by atoms with Gasteiger partial charge in [-0.15, -0.1) is 11.3 Å². The lowest BCUT2D eigenvalue weighted by Gasteiger charge is -2.25. The van der Waals surface area contributed by atoms with Gasteiger partial charge in [0.05, 0.1) is 5.57 Å². The first kappa shape index (κ1) is 20.0. The number of hydrogen-bond acceptors (Lipinski definition) is 5. The third-order valence-electron chi connectivity index (χ3n) is 3.86. The molecule has 2 aromatic rings. The molecule has 0 bridgehead atoms. The van der Waals surface area contributed by atoms with Crippen LogP contribution >= 0.6 is 23.1 Å². The molecule has 1 aliphatic rings. The zero-order valence-electron chi connectivity index (χ0n) is 14.2. The van der Waals surface area contributed by atoms with Gasteiger partial charge in [0, 0.05) is 16.3 Å². The first-order valence-electron chi connectivity index (χ1n) is 7.60. The van der Waals surface area contributed by atoms with E-state index in [9.17, 15) is 4.79 Å². The molecule has 4 nitrogen and oxygen atoms in total. The van der Waals surface area contributed by atoms with Crippen LogP contribution in [0.15, 0.2) is 58.0 Å². The highest BCUT2D eigenvalue weighted by Crippen LogP contribution is 2.35. The highest BCUT2D eigenvalue weighted by atomic mass is 127. The number of anilines is 1. The smallest absolute Gasteiger partial charge is 0.255 e. The molecule has 1 amide bonds. The summed E-state index contributed by atoms with van der Waals surface area (Å²) in [7, 11) is 0. The maximum absolute atomic E-state index is 13.0. The number of aryl methyl sites for hydroxylation is 1. The molecule has 1 aromatic heterocycles. The van der Waals surface area contributed by atoms with Crippen molar-refractivity contribution in [2.45, 2.75) is 19.9 Å². The summed E-state index contributed by atoms with van der Waals surface area (Å²) in [6.45, 7) is 3.91. The Morgan fingerprint density at radius 2 is 2.00 bits per heavy atom. The fourth-order valence-corrected chi connectivity index (χ4v) is 3.84. The number of halogens is 1. The van der Waals surface area contributed by atoms with Crippen LogP contribution in [0.2, 0.25) is 0 Å². The number of rotatable bonds is 3. The summed E-state index contributed by atoms with van der Waals surface area (Å²) in [5.41, 5.74) is 3.37. The summed E-state index contributed by atoms with van der Waals surface area (Å²) in [6, 6.07) is 11.5. The number of amides is 1. The number of allylic oxidation sites excluding steroid dienone is 1. The third kappa shape index (κ3) is 4.45. The van der Waals surface area contributed by atoms with Gasteiger partial charge in [-0.3, -0.25) is 4.79 Å². The van der Waals surface area contributed by atoms with Gasteiger partial charge in [-0.25, -0.2) is 4.99 Å². The Kier molecular flexibility index (Phi) is 7.09. The van der Waals surface area contributed by atoms with Gasteiger partial charge in [0.25, 0.3) is 5.91 Å². The zero-order chi connectivity index (χ0) is 17.1. The van der Waals surface area contributed by atoms with Gasteiger partial charge in [-0.2, -0.15) is 0 Å². The largest absolute Gasteiger partial charge is 1.00 e. The number of para-hydroxylation sites is 1. The minimum Gasteiger partial charge on any atom is -1.00 e. The van der Waals surface area contributed by atoms with E-state index in [0.29, 0.717) is 5.57 Å². The lowest BCUT2D eigenvalue weighted by atomic mass is 10.0. The number of hydrogen-bond donors (Lipinski definition) is 2. The summed E-state index contributed by atoms with van der Waals surface area (Å²) >= 11 is 3.16. The molecular weight excluding hydrogens is 465 g/mol. The van der Waals surface area contributed by atoms with Crippen molar-refractivity contribution in [1.82, 2.24) is 5.32 Å². The Morgan fingerprint density at radius 1 is 1.24 bits per heavy atom. The zero-order valence-corrected chi connectivity index (χ0v) is 18.0. The van der Waals surface area contributed by atoms with Gasteiger partial charge in [-0.1, -0.05) is 36.0 Å². The monoisotopic (exact) mass is 484 g/mol. The third-order valence-corrected chi connectivity index (χ3v) is 5.38. The Labute approximate surface area is 173 Å². The number of benzene rings is 1. The summed E-state index contributed by atoms with van der Waals surface area (Å²) in [5.74, 6) is -0.114. The molecule has 7 heteroatoms. The van der Waals surface area contributed by atoms with E-state index in [1.165, 1.54) is 0 Å². The van der Waals surface area contributed by atoms with Crippen molar-refractivity contribution in [3.05, 3.63) is 63.5 Å². The van der Waals surface area contributed by atoms with E-state index in [2.05, 4.69) is 10.6 Å². The van der Waals surface area contributed by atoms with Crippen LogP contribution in [0, 0.1) is 6.92 Å². The molecule has 3 rings (SSSR count). The van der Waals surface area contributed by atoms with Gasteiger partial charge in [-0.05, 0) is 43.2 Å². The van der Waals surface area contributed by atoms with Crippen molar-refractivity contribution in [3.8, 4) is 0 Å². The lowest BCUT2D eigenvalue weighted by Crippen LogP contribution is -3.00. The predicted molar refractivity (Wildman–Crippen MR) is 104 cm³/mol. The number of carbonyl (C=O) groups excluding carboxylic acids is 1. The minimum absolute atomic E-state index is 0. The Bertz CT molecular complexity index is 815. The first-order valence-corrected chi connectivity index (χ1v) is 9.70. The van der Waals surface area contributed by atoms with E-state index in [0.717, 1.165) is 27.0 Å². The molecule has 1 atom stereocenters. The van der Waals surface area contributed by atoms with Gasteiger partial charge >= 0.3 is 0 Å². The molecule has 2 N–H and O–H groups in total. The van der Waals surface area contributed by atoms with Gasteiger partial charge in [0.2, 0.25) is 0 Å². The molecule has 0 aliphatic carbocycles. The van der Waals surface area contributed by atoms with Crippen LogP contribution < -0.4 is 34.6 Å². The topological polar surface area (TPSA) is 53.5 Å². The second-order valence-corrected chi connectivity index (χ2v) is 7.26. The molecular formula is C18H19IN3OS2-. The molecule has 25 heavy (non-hydrogen) atoms. The number of nitrogens with one attached hydrogen (secondary N) is 2. The van der Waals surface area contributed by atoms with Crippen molar-refractivity contribution in [3.63, 3.8) is 0 Å². The average molecular weight is 484 g/mol. The number of amidine groups is 1. The molecule has 1 aromatic carbocycles. The van der Waals surface area contributed by atoms with Crippen LogP contribution in [-0.2, 0) is 4.79 Å². The maximum Gasteiger partial charge on any atom is 0.255 e. The van der Waals surface area contributed by atoms with Crippen molar-refractivity contribution >= 4 is 39.9 Å². The molecule has 0 saturated heterocycles. The fourth-order valence-electron chi connectivity index (χ4n) is 2.60. The summed E-state index contributed by atoms with van der Waals surface area (Å²) in [5, 5.41) is 9.10. The van der Waals surface area contributed by atoms with E-state index < -0.39 is 0 Å². The van der Waals surface area contributed by atoms with Gasteiger partial charge in [0.1, 0.15) is 6.04 Å². The molecule has 0 saturated carbocycles. The standard InChI is InChI=1S/C18H19N3OS2.HI/c1-11-7-4-5-8-13(11)20-17(22)15-12(2)19-18(23-3)21-16(15)14-9-6-10-24-14;/h4-10,16H,1-3H3,(H,19,21)(H,20,22);1H/p-1. The van der Waals surface area contributed by atoms with Crippen LogP contribution in [0.1, 0.15) is 23.4 Å². The molecule has 0 fully saturated rings. The maximum atomic E-state index is 13.0. The van der Waals surface area contributed by atoms with Crippen LogP contribution in [0.5, 0.6) is 0 Å². The van der Waals surface area contributed by atoms with Gasteiger partial charge in [0.15, 0.2) is 5.17 Å². The number of aliphatic imine (C=N–C) groups is 1. The van der Waals surface area contributed by atoms with E-state index in [1.54, 1.807) is 23.1 Å². The SMILES string of the molecule is CSC1=NC(c2cccs2)C(C(=O)Nc2ccccc2C)=C(C)N1.[I-]. The second kappa shape index (κ2) is 8.86. The highest BCUT2D eigenvalue weighted by molar-refractivity contribution is 8.13. The Morgan fingerprint density at radius 3 is 2.64 bits per heavy atom. The molecule has 2 heterocycles. The summed E-state index contributed by atoms with van der Waals surface area (Å²) in [4.78, 5) is 18.7. The van der Waals surface area contributed by atoms with Crippen molar-refractivity contribution in [1.29, 1.82) is 0 Å². The molecule has 1 aliphatic heterocycles. The van der Waals surface area contributed by atoms with Crippen LogP contribution in [0.4, 0.5) is 5.69 Å². The molecule has 1 unspecified atom stereocenters. The van der Waals surface area contributed by atoms with Gasteiger partial charge < -0.3 is 34.6 Å². The molecule has 0 spiro atoms. The van der Waals surface area contributed by atoms with Crippen molar-refractivity contribution in [2.75, 3.05) is 11.6 Å². The Hall–Kier alpha value is -1.32. The van der Waals surface area contributed by atoms with E-state index >= 15 is 0 Å². The van der Waals surface area contributed by atoms with Crippen LogP contribution in [-0.4, -0.2) is 17.3 Å². The summed E-state index contributed by atoms with van der Waals surface area (Å²) < 4.78 is 0. The highest BCUT2D eigenvalue weighted by Gasteiger charge is 2.29. The van der Waals surface area contributed by atoms with E-state index in [-0.39, 0.29) is 35.9 Å². The average Bonchev–Trinajstić information content (AvgIpc) is 3.10. The number of nitrogens with zero attached hydrogens (tertiary/aromatic N) is 1. The number of carbonyl (C=O) groups is 1. The quantitative estimate of drug-likeness (QED) is 0.647. The van der Waals surface area contributed by atoms with Crippen LogP contribution in [0.3, 0.4) is 0 Å². The normalized spacial score (nSPS) is 16.6.